The molecule has 1 aliphatic heterocycles. The highest BCUT2D eigenvalue weighted by Crippen LogP contribution is 2.11. The van der Waals surface area contributed by atoms with Crippen molar-refractivity contribution in [1.29, 1.82) is 0 Å². The van der Waals surface area contributed by atoms with E-state index in [1.54, 1.807) is 0 Å². The number of likely N-dealkylation sites (tertiary alicyclic amines) is 1. The molecule has 1 N–H and O–H groups in total. The standard InChI is InChI=1S/C9H13ClN2O3/c1-5(10)8(14)11-6-3-4-7(13)12(2)9(6)15/h5-6H,3-4H2,1-2H3,(H,11,14). The molecule has 0 saturated carbocycles. The highest BCUT2D eigenvalue weighted by atomic mass is 35.5. The minimum absolute atomic E-state index is 0.218. The Hall–Kier alpha value is -1.10. The molecule has 1 rings (SSSR count). The zero-order valence-corrected chi connectivity index (χ0v) is 9.37. The predicted octanol–water partition coefficient (Wildman–Crippen LogP) is -0.123. The Bertz CT molecular complexity index is 304. The third kappa shape index (κ3) is 2.68. The molecule has 0 aromatic heterocycles. The van der Waals surface area contributed by atoms with Crippen LogP contribution in [-0.2, 0) is 14.4 Å². The van der Waals surface area contributed by atoms with Gasteiger partial charge in [0.25, 0.3) is 5.91 Å². The molecule has 2 unspecified atom stereocenters. The number of amides is 3. The van der Waals surface area contributed by atoms with Gasteiger partial charge in [0.15, 0.2) is 0 Å². The van der Waals surface area contributed by atoms with Crippen LogP contribution >= 0.6 is 11.6 Å². The smallest absolute Gasteiger partial charge is 0.251 e. The molecular weight excluding hydrogens is 220 g/mol. The maximum absolute atomic E-state index is 11.5. The van der Waals surface area contributed by atoms with Crippen LogP contribution in [0.15, 0.2) is 0 Å². The second-order valence-corrected chi connectivity index (χ2v) is 4.16. The van der Waals surface area contributed by atoms with Crippen molar-refractivity contribution >= 4 is 29.3 Å². The Labute approximate surface area is 92.8 Å². The number of hydrogen-bond donors (Lipinski definition) is 1. The number of hydrogen-bond acceptors (Lipinski definition) is 3. The van der Waals surface area contributed by atoms with Crippen molar-refractivity contribution in [2.24, 2.45) is 0 Å². The summed E-state index contributed by atoms with van der Waals surface area (Å²) in [4.78, 5) is 35.0. The topological polar surface area (TPSA) is 66.5 Å². The Morgan fingerprint density at radius 1 is 1.60 bits per heavy atom. The zero-order chi connectivity index (χ0) is 11.6. The summed E-state index contributed by atoms with van der Waals surface area (Å²) in [5.41, 5.74) is 0. The monoisotopic (exact) mass is 232 g/mol. The fourth-order valence-electron chi connectivity index (χ4n) is 1.34. The Kier molecular flexibility index (Phi) is 3.68. The Morgan fingerprint density at radius 2 is 2.20 bits per heavy atom. The number of imide groups is 1. The highest BCUT2D eigenvalue weighted by molar-refractivity contribution is 6.30. The number of carbonyl (C=O) groups excluding carboxylic acids is 3. The molecule has 1 saturated heterocycles. The van der Waals surface area contributed by atoms with E-state index in [-0.39, 0.29) is 18.2 Å². The van der Waals surface area contributed by atoms with Crippen molar-refractivity contribution in [1.82, 2.24) is 10.2 Å². The summed E-state index contributed by atoms with van der Waals surface area (Å²) in [6.07, 6.45) is 0.612. The van der Waals surface area contributed by atoms with Crippen molar-refractivity contribution in [2.75, 3.05) is 7.05 Å². The quantitative estimate of drug-likeness (QED) is 0.533. The SMILES string of the molecule is CC(Cl)C(=O)NC1CCC(=O)N(C)C1=O. The molecule has 0 aliphatic carbocycles. The van der Waals surface area contributed by atoms with Crippen LogP contribution < -0.4 is 5.32 Å². The van der Waals surface area contributed by atoms with E-state index in [2.05, 4.69) is 5.32 Å². The molecule has 0 spiro atoms. The van der Waals surface area contributed by atoms with E-state index < -0.39 is 17.3 Å². The van der Waals surface area contributed by atoms with Crippen LogP contribution in [0.4, 0.5) is 0 Å². The number of rotatable bonds is 2. The lowest BCUT2D eigenvalue weighted by molar-refractivity contribution is -0.149. The predicted molar refractivity (Wildman–Crippen MR) is 54.3 cm³/mol. The van der Waals surface area contributed by atoms with Crippen LogP contribution in [0.3, 0.4) is 0 Å². The van der Waals surface area contributed by atoms with Gasteiger partial charge in [-0.2, -0.15) is 0 Å². The molecule has 3 amide bonds. The number of halogens is 1. The largest absolute Gasteiger partial charge is 0.343 e. The summed E-state index contributed by atoms with van der Waals surface area (Å²) < 4.78 is 0. The second kappa shape index (κ2) is 4.61. The van der Waals surface area contributed by atoms with Gasteiger partial charge >= 0.3 is 0 Å². The number of nitrogens with zero attached hydrogens (tertiary/aromatic N) is 1. The van der Waals surface area contributed by atoms with Gasteiger partial charge in [-0.05, 0) is 13.3 Å². The minimum Gasteiger partial charge on any atom is -0.343 e. The van der Waals surface area contributed by atoms with Crippen molar-refractivity contribution in [3.63, 3.8) is 0 Å². The number of piperidine rings is 1. The van der Waals surface area contributed by atoms with Crippen LogP contribution in [0.5, 0.6) is 0 Å². The maximum atomic E-state index is 11.5. The summed E-state index contributed by atoms with van der Waals surface area (Å²) in [6, 6.07) is -0.624. The Morgan fingerprint density at radius 3 is 2.73 bits per heavy atom. The first kappa shape index (κ1) is 12.0. The molecule has 15 heavy (non-hydrogen) atoms. The average Bonchev–Trinajstić information content (AvgIpc) is 2.18. The van der Waals surface area contributed by atoms with Crippen molar-refractivity contribution in [2.45, 2.75) is 31.2 Å². The van der Waals surface area contributed by atoms with Crippen LogP contribution in [0.1, 0.15) is 19.8 Å². The number of likely N-dealkylation sites (N-methyl/N-ethyl adjacent to an activating group) is 1. The highest BCUT2D eigenvalue weighted by Gasteiger charge is 2.33. The molecule has 0 aromatic carbocycles. The van der Waals surface area contributed by atoms with Crippen LogP contribution in [0.25, 0.3) is 0 Å². The summed E-state index contributed by atoms with van der Waals surface area (Å²) in [5.74, 6) is -0.987. The minimum atomic E-state index is -0.680. The molecule has 0 bridgehead atoms. The van der Waals surface area contributed by atoms with E-state index >= 15 is 0 Å². The lowest BCUT2D eigenvalue weighted by Crippen LogP contribution is -2.53. The normalized spacial score (nSPS) is 23.9. The van der Waals surface area contributed by atoms with Gasteiger partial charge in [0.05, 0.1) is 0 Å². The summed E-state index contributed by atoms with van der Waals surface area (Å²) >= 11 is 5.56. The average molecular weight is 233 g/mol. The van der Waals surface area contributed by atoms with Crippen molar-refractivity contribution in [3.8, 4) is 0 Å². The molecule has 5 nitrogen and oxygen atoms in total. The Balaban J connectivity index is 2.61. The number of carbonyl (C=O) groups is 3. The molecule has 1 aliphatic rings. The van der Waals surface area contributed by atoms with E-state index in [4.69, 9.17) is 11.6 Å². The van der Waals surface area contributed by atoms with Gasteiger partial charge in [-0.3, -0.25) is 19.3 Å². The van der Waals surface area contributed by atoms with Crippen LogP contribution in [-0.4, -0.2) is 41.1 Å². The number of alkyl halides is 1. The molecule has 0 radical (unpaired) electrons. The van der Waals surface area contributed by atoms with Crippen molar-refractivity contribution in [3.05, 3.63) is 0 Å². The fraction of sp³-hybridized carbons (Fsp3) is 0.667. The summed E-state index contributed by atoms with van der Waals surface area (Å²) in [5, 5.41) is 1.82. The summed E-state index contributed by atoms with van der Waals surface area (Å²) in [7, 11) is 1.41. The molecular formula is C9H13ClN2O3. The third-order valence-corrected chi connectivity index (χ3v) is 2.53. The first-order chi connectivity index (χ1) is 6.93. The van der Waals surface area contributed by atoms with E-state index in [0.29, 0.717) is 6.42 Å². The molecule has 6 heteroatoms. The fourth-order valence-corrected chi connectivity index (χ4v) is 1.40. The number of nitrogens with one attached hydrogen (secondary N) is 1. The van der Waals surface area contributed by atoms with Gasteiger partial charge in [-0.1, -0.05) is 0 Å². The second-order valence-electron chi connectivity index (χ2n) is 3.51. The van der Waals surface area contributed by atoms with Gasteiger partial charge in [-0.25, -0.2) is 0 Å². The van der Waals surface area contributed by atoms with E-state index in [1.165, 1.54) is 14.0 Å². The van der Waals surface area contributed by atoms with Gasteiger partial charge in [0.1, 0.15) is 11.4 Å². The zero-order valence-electron chi connectivity index (χ0n) is 8.62. The molecule has 2 atom stereocenters. The van der Waals surface area contributed by atoms with Gasteiger partial charge in [0, 0.05) is 13.5 Å². The van der Waals surface area contributed by atoms with Crippen molar-refractivity contribution < 1.29 is 14.4 Å². The molecule has 84 valence electrons. The van der Waals surface area contributed by atoms with Gasteiger partial charge < -0.3 is 5.32 Å². The first-order valence-electron chi connectivity index (χ1n) is 4.68. The molecule has 1 heterocycles. The van der Waals surface area contributed by atoms with Gasteiger partial charge in [-0.15, -0.1) is 11.6 Å². The van der Waals surface area contributed by atoms with E-state index in [1.807, 2.05) is 0 Å². The lowest BCUT2D eigenvalue weighted by Gasteiger charge is -2.28. The van der Waals surface area contributed by atoms with Crippen LogP contribution in [0.2, 0.25) is 0 Å². The first-order valence-corrected chi connectivity index (χ1v) is 5.12. The molecule has 1 fully saturated rings. The van der Waals surface area contributed by atoms with Gasteiger partial charge in [0.2, 0.25) is 11.8 Å². The third-order valence-electron chi connectivity index (χ3n) is 2.33. The van der Waals surface area contributed by atoms with E-state index in [0.717, 1.165) is 4.90 Å². The lowest BCUT2D eigenvalue weighted by atomic mass is 10.0. The maximum Gasteiger partial charge on any atom is 0.251 e. The molecule has 0 aromatic rings. The van der Waals surface area contributed by atoms with Crippen LogP contribution in [0, 0.1) is 0 Å². The summed E-state index contributed by atoms with van der Waals surface area (Å²) in [6.45, 7) is 1.53. The van der Waals surface area contributed by atoms with E-state index in [9.17, 15) is 14.4 Å².